The maximum Gasteiger partial charge on any atom is 0.348 e. The van der Waals surface area contributed by atoms with Crippen LogP contribution in [-0.4, -0.2) is 19.1 Å². The zero-order chi connectivity index (χ0) is 17.4. The molecule has 0 amide bonds. The second-order valence-electron chi connectivity index (χ2n) is 5.40. The summed E-state index contributed by atoms with van der Waals surface area (Å²) >= 11 is 0. The number of ether oxygens (including phenoxy) is 1. The van der Waals surface area contributed by atoms with Gasteiger partial charge in [0.25, 0.3) is 0 Å². The van der Waals surface area contributed by atoms with Gasteiger partial charge in [0.05, 0.1) is 6.61 Å². The molecule has 1 aromatic rings. The third-order valence-electron chi connectivity index (χ3n) is 3.74. The molecule has 1 heterocycles. The second kappa shape index (κ2) is 8.73. The van der Waals surface area contributed by atoms with Crippen LogP contribution < -0.4 is 4.90 Å². The Morgan fingerprint density at radius 1 is 1.29 bits per heavy atom. The van der Waals surface area contributed by atoms with Crippen molar-refractivity contribution in [3.8, 4) is 6.07 Å². The van der Waals surface area contributed by atoms with Gasteiger partial charge in [0.15, 0.2) is 0 Å². The van der Waals surface area contributed by atoms with Gasteiger partial charge in [-0.3, -0.25) is 0 Å². The normalized spacial score (nSPS) is 15.1. The number of benzene rings is 1. The Labute approximate surface area is 143 Å². The monoisotopic (exact) mass is 322 g/mol. The first-order valence-corrected chi connectivity index (χ1v) is 8.25. The van der Waals surface area contributed by atoms with E-state index in [1.54, 1.807) is 13.0 Å². The maximum atomic E-state index is 11.7. The van der Waals surface area contributed by atoms with E-state index in [1.807, 2.05) is 30.4 Å². The number of fused-ring (bicyclic) bond motifs is 1. The number of nitrogens with zero attached hydrogens (tertiary/aromatic N) is 2. The Morgan fingerprint density at radius 2 is 2.08 bits per heavy atom. The zero-order valence-corrected chi connectivity index (χ0v) is 14.2. The van der Waals surface area contributed by atoms with Crippen molar-refractivity contribution in [2.24, 2.45) is 0 Å². The number of carbonyl (C=O) groups excluding carboxylic acids is 1. The van der Waals surface area contributed by atoms with Gasteiger partial charge in [0.2, 0.25) is 0 Å². The van der Waals surface area contributed by atoms with E-state index in [2.05, 4.69) is 24.0 Å². The van der Waals surface area contributed by atoms with Crippen LogP contribution in [0.3, 0.4) is 0 Å². The molecule has 0 radical (unpaired) electrons. The Kier molecular flexibility index (Phi) is 6.39. The fraction of sp³-hybridized carbons (Fsp3) is 0.300. The first-order valence-electron chi connectivity index (χ1n) is 8.25. The molecule has 0 aliphatic carbocycles. The zero-order valence-electron chi connectivity index (χ0n) is 14.2. The minimum atomic E-state index is -0.586. The fourth-order valence-corrected chi connectivity index (χ4v) is 2.52. The predicted octanol–water partition coefficient (Wildman–Crippen LogP) is 4.22. The van der Waals surface area contributed by atoms with Crippen molar-refractivity contribution in [3.05, 3.63) is 59.3 Å². The van der Waals surface area contributed by atoms with Crippen LogP contribution in [0.4, 0.5) is 5.69 Å². The van der Waals surface area contributed by atoms with Crippen molar-refractivity contribution < 1.29 is 9.53 Å². The van der Waals surface area contributed by atoms with Crippen LogP contribution >= 0.6 is 0 Å². The van der Waals surface area contributed by atoms with Crippen LogP contribution in [0, 0.1) is 11.3 Å². The number of para-hydroxylation sites is 1. The highest BCUT2D eigenvalue weighted by Crippen LogP contribution is 2.31. The molecule has 1 aliphatic heterocycles. The SMILES string of the molecule is CCCCN1/C(=C/C=C(/C#N)C(=O)OCC)C=Cc2ccccc21. The Morgan fingerprint density at radius 3 is 2.79 bits per heavy atom. The third kappa shape index (κ3) is 4.14. The average molecular weight is 322 g/mol. The molecule has 2 rings (SSSR count). The van der Waals surface area contributed by atoms with E-state index in [4.69, 9.17) is 10.00 Å². The van der Waals surface area contributed by atoms with Crippen molar-refractivity contribution in [3.63, 3.8) is 0 Å². The Bertz CT molecular complexity index is 723. The minimum Gasteiger partial charge on any atom is -0.462 e. The number of hydrogen-bond donors (Lipinski definition) is 0. The van der Waals surface area contributed by atoms with E-state index < -0.39 is 5.97 Å². The molecule has 1 aromatic carbocycles. The molecular formula is C20H22N2O2. The van der Waals surface area contributed by atoms with Crippen molar-refractivity contribution >= 4 is 17.7 Å². The average Bonchev–Trinajstić information content (AvgIpc) is 2.61. The van der Waals surface area contributed by atoms with Crippen LogP contribution in [0.15, 0.2) is 53.8 Å². The summed E-state index contributed by atoms with van der Waals surface area (Å²) in [5.74, 6) is -0.586. The van der Waals surface area contributed by atoms with Gasteiger partial charge >= 0.3 is 5.97 Å². The van der Waals surface area contributed by atoms with E-state index in [1.165, 1.54) is 11.6 Å². The van der Waals surface area contributed by atoms with Gasteiger partial charge in [-0.1, -0.05) is 37.6 Å². The van der Waals surface area contributed by atoms with Crippen LogP contribution in [0.25, 0.3) is 6.08 Å². The molecule has 0 saturated heterocycles. The number of hydrogen-bond acceptors (Lipinski definition) is 4. The van der Waals surface area contributed by atoms with Gasteiger partial charge in [-0.05, 0) is 43.2 Å². The first-order chi connectivity index (χ1) is 11.7. The van der Waals surface area contributed by atoms with Gasteiger partial charge in [-0.2, -0.15) is 5.26 Å². The smallest absolute Gasteiger partial charge is 0.348 e. The third-order valence-corrected chi connectivity index (χ3v) is 3.74. The topological polar surface area (TPSA) is 53.3 Å². The molecule has 24 heavy (non-hydrogen) atoms. The van der Waals surface area contributed by atoms with Crippen molar-refractivity contribution in [2.45, 2.75) is 26.7 Å². The second-order valence-corrected chi connectivity index (χ2v) is 5.40. The van der Waals surface area contributed by atoms with Gasteiger partial charge in [-0.25, -0.2) is 4.79 Å². The minimum absolute atomic E-state index is 0.00653. The number of rotatable bonds is 6. The van der Waals surface area contributed by atoms with Gasteiger partial charge < -0.3 is 9.64 Å². The molecule has 0 spiro atoms. The molecular weight excluding hydrogens is 300 g/mol. The molecule has 0 N–H and O–H groups in total. The van der Waals surface area contributed by atoms with Crippen LogP contribution in [-0.2, 0) is 9.53 Å². The van der Waals surface area contributed by atoms with Crippen molar-refractivity contribution in [1.29, 1.82) is 5.26 Å². The molecule has 124 valence electrons. The Hall–Kier alpha value is -2.80. The van der Waals surface area contributed by atoms with Gasteiger partial charge in [0, 0.05) is 17.9 Å². The maximum absolute atomic E-state index is 11.7. The summed E-state index contributed by atoms with van der Waals surface area (Å²) in [5, 5.41) is 9.14. The van der Waals surface area contributed by atoms with E-state index in [0.29, 0.717) is 0 Å². The summed E-state index contributed by atoms with van der Waals surface area (Å²) in [6, 6.07) is 10.1. The largest absolute Gasteiger partial charge is 0.462 e. The molecule has 0 atom stereocenters. The first kappa shape index (κ1) is 17.6. The van der Waals surface area contributed by atoms with Gasteiger partial charge in [-0.15, -0.1) is 0 Å². The highest BCUT2D eigenvalue weighted by molar-refractivity contribution is 5.93. The van der Waals surface area contributed by atoms with E-state index in [0.717, 1.165) is 30.8 Å². The number of allylic oxidation sites excluding steroid dienone is 3. The molecule has 0 fully saturated rings. The number of esters is 1. The number of unbranched alkanes of at least 4 members (excludes halogenated alkanes) is 1. The summed E-state index contributed by atoms with van der Waals surface area (Å²) < 4.78 is 4.89. The van der Waals surface area contributed by atoms with Gasteiger partial charge in [0.1, 0.15) is 11.6 Å². The highest BCUT2D eigenvalue weighted by Gasteiger charge is 2.16. The standard InChI is InChI=1S/C20H22N2O2/c1-3-5-14-22-18(12-10-16-8-6-7-9-19(16)22)13-11-17(15-21)20(23)24-4-2/h6-13H,3-5,14H2,1-2H3/b17-11-,18-13+. The summed E-state index contributed by atoms with van der Waals surface area (Å²) in [4.78, 5) is 13.9. The highest BCUT2D eigenvalue weighted by atomic mass is 16.5. The van der Waals surface area contributed by atoms with E-state index in [9.17, 15) is 4.79 Å². The summed E-state index contributed by atoms with van der Waals surface area (Å²) in [6.45, 7) is 5.02. The lowest BCUT2D eigenvalue weighted by Gasteiger charge is -2.30. The van der Waals surface area contributed by atoms with Crippen LogP contribution in [0.5, 0.6) is 0 Å². The quantitative estimate of drug-likeness (QED) is 0.447. The molecule has 0 aromatic heterocycles. The number of carbonyl (C=O) groups is 1. The molecule has 4 heteroatoms. The molecule has 1 aliphatic rings. The predicted molar refractivity (Wildman–Crippen MR) is 96.1 cm³/mol. The van der Waals surface area contributed by atoms with Crippen LogP contribution in [0.1, 0.15) is 32.3 Å². The molecule has 0 saturated carbocycles. The summed E-state index contributed by atoms with van der Waals surface area (Å²) in [5.41, 5.74) is 3.27. The summed E-state index contributed by atoms with van der Waals surface area (Å²) in [6.07, 6.45) is 9.55. The summed E-state index contributed by atoms with van der Waals surface area (Å²) in [7, 11) is 0. The van der Waals surface area contributed by atoms with E-state index >= 15 is 0 Å². The molecule has 0 bridgehead atoms. The molecule has 4 nitrogen and oxygen atoms in total. The lowest BCUT2D eigenvalue weighted by atomic mass is 10.0. The lowest BCUT2D eigenvalue weighted by molar-refractivity contribution is -0.138. The van der Waals surface area contributed by atoms with Crippen molar-refractivity contribution in [1.82, 2.24) is 0 Å². The van der Waals surface area contributed by atoms with Crippen LogP contribution in [0.2, 0.25) is 0 Å². The van der Waals surface area contributed by atoms with Crippen molar-refractivity contribution in [2.75, 3.05) is 18.1 Å². The molecule has 0 unspecified atom stereocenters. The Balaban J connectivity index is 2.34. The van der Waals surface area contributed by atoms with E-state index in [-0.39, 0.29) is 12.2 Å². The fourth-order valence-electron chi connectivity index (χ4n) is 2.52. The number of nitriles is 1. The number of anilines is 1. The lowest BCUT2D eigenvalue weighted by Crippen LogP contribution is -2.25.